The van der Waals surface area contributed by atoms with E-state index in [1.165, 1.54) is 22.0 Å². The van der Waals surface area contributed by atoms with Gasteiger partial charge >= 0.3 is 0 Å². The molecule has 3 aromatic rings. The third-order valence-electron chi connectivity index (χ3n) is 4.85. The van der Waals surface area contributed by atoms with Gasteiger partial charge in [-0.1, -0.05) is 24.3 Å². The Morgan fingerprint density at radius 3 is 2.80 bits per heavy atom. The lowest BCUT2D eigenvalue weighted by molar-refractivity contribution is 0.186. The van der Waals surface area contributed by atoms with Crippen molar-refractivity contribution >= 4 is 40.8 Å². The van der Waals surface area contributed by atoms with Gasteiger partial charge in [-0.3, -0.25) is 4.99 Å². The van der Waals surface area contributed by atoms with Crippen LogP contribution in [0.25, 0.3) is 10.9 Å². The number of aryl methyl sites for hydroxylation is 1. The average molecular weight is 522 g/mol. The number of aliphatic hydroxyl groups excluding tert-OH is 1. The molecule has 0 aliphatic heterocycles. The number of hydrogen-bond donors (Lipinski definition) is 4. The Morgan fingerprint density at radius 1 is 1.20 bits per heavy atom. The number of nitrogens with one attached hydrogen (secondary N) is 3. The fourth-order valence-electron chi connectivity index (χ4n) is 3.30. The lowest BCUT2D eigenvalue weighted by Gasteiger charge is -2.14. The van der Waals surface area contributed by atoms with Crippen LogP contribution < -0.4 is 15.4 Å². The maximum Gasteiger partial charge on any atom is 0.191 e. The van der Waals surface area contributed by atoms with E-state index in [2.05, 4.69) is 51.9 Å². The Morgan fingerprint density at radius 2 is 2.03 bits per heavy atom. The molecule has 6 nitrogen and oxygen atoms in total. The molecule has 7 heteroatoms. The van der Waals surface area contributed by atoms with Crippen LogP contribution in [0.3, 0.4) is 0 Å². The molecule has 0 fully saturated rings. The Labute approximate surface area is 195 Å². The summed E-state index contributed by atoms with van der Waals surface area (Å²) in [5, 5.41) is 18.3. The molecule has 1 atom stereocenters. The van der Waals surface area contributed by atoms with E-state index < -0.39 is 6.10 Å². The first kappa shape index (κ1) is 24.0. The van der Waals surface area contributed by atoms with Crippen molar-refractivity contribution in [1.82, 2.24) is 15.6 Å². The quantitative estimate of drug-likeness (QED) is 0.205. The average Bonchev–Trinajstić information content (AvgIpc) is 3.13. The number of aliphatic imine (C=N–C) groups is 1. The van der Waals surface area contributed by atoms with Crippen LogP contribution >= 0.6 is 24.0 Å². The first-order chi connectivity index (χ1) is 14.1. The first-order valence-corrected chi connectivity index (χ1v) is 10.0. The number of halogens is 1. The number of aromatic amines is 1. The summed E-state index contributed by atoms with van der Waals surface area (Å²) in [5.74, 6) is 1.43. The number of hydrogen-bond acceptors (Lipinski definition) is 3. The highest BCUT2D eigenvalue weighted by atomic mass is 127. The predicted molar refractivity (Wildman–Crippen MR) is 134 cm³/mol. The molecule has 0 aliphatic rings. The maximum atomic E-state index is 10.5. The zero-order valence-electron chi connectivity index (χ0n) is 17.7. The highest BCUT2D eigenvalue weighted by Crippen LogP contribution is 2.20. The minimum absolute atomic E-state index is 0. The molecule has 1 heterocycles. The number of aromatic nitrogens is 1. The number of nitrogens with zero attached hydrogens (tertiary/aromatic N) is 1. The highest BCUT2D eigenvalue weighted by Gasteiger charge is 2.09. The van der Waals surface area contributed by atoms with E-state index in [9.17, 15) is 5.11 Å². The molecule has 2 aromatic carbocycles. The molecule has 0 aliphatic carbocycles. The van der Waals surface area contributed by atoms with Crippen LogP contribution in [0.1, 0.15) is 29.7 Å². The van der Waals surface area contributed by atoms with Crippen molar-refractivity contribution in [3.8, 4) is 5.75 Å². The van der Waals surface area contributed by atoms with Crippen LogP contribution in [-0.4, -0.2) is 42.8 Å². The number of aliphatic hydroxyl groups is 1. The Hall–Kier alpha value is -2.26. The first-order valence-electron chi connectivity index (χ1n) is 10.0. The Bertz CT molecular complexity index is 971. The van der Waals surface area contributed by atoms with Crippen molar-refractivity contribution < 1.29 is 9.84 Å². The number of benzene rings is 2. The van der Waals surface area contributed by atoms with Crippen molar-refractivity contribution in [3.63, 3.8) is 0 Å². The van der Waals surface area contributed by atoms with Gasteiger partial charge in [0.1, 0.15) is 5.75 Å². The molecule has 0 bridgehead atoms. The number of guanidine groups is 1. The van der Waals surface area contributed by atoms with E-state index in [-0.39, 0.29) is 30.5 Å². The van der Waals surface area contributed by atoms with E-state index in [0.717, 1.165) is 30.8 Å². The minimum Gasteiger partial charge on any atom is -0.497 e. The minimum atomic E-state index is -0.683. The zero-order chi connectivity index (χ0) is 20.6. The summed E-state index contributed by atoms with van der Waals surface area (Å²) in [7, 11) is 1.62. The number of fused-ring (bicyclic) bond motifs is 1. The van der Waals surface area contributed by atoms with Crippen molar-refractivity contribution in [2.24, 2.45) is 4.99 Å². The molecule has 1 aromatic heterocycles. The number of H-pyrrole nitrogens is 1. The van der Waals surface area contributed by atoms with E-state index in [0.29, 0.717) is 5.96 Å². The lowest BCUT2D eigenvalue weighted by Crippen LogP contribution is -2.38. The summed E-state index contributed by atoms with van der Waals surface area (Å²) in [4.78, 5) is 7.88. The molecule has 1 unspecified atom stereocenters. The topological polar surface area (TPSA) is 81.7 Å². The van der Waals surface area contributed by atoms with Gasteiger partial charge in [-0.25, -0.2) is 0 Å². The zero-order valence-corrected chi connectivity index (χ0v) is 20.1. The van der Waals surface area contributed by atoms with Crippen molar-refractivity contribution in [1.29, 1.82) is 0 Å². The Balaban J connectivity index is 0.00000320. The fraction of sp³-hybridized carbons (Fsp3) is 0.348. The van der Waals surface area contributed by atoms with Gasteiger partial charge < -0.3 is 25.5 Å². The summed E-state index contributed by atoms with van der Waals surface area (Å²) < 4.78 is 5.22. The second-order valence-electron chi connectivity index (χ2n) is 7.05. The standard InChI is InChI=1S/C23H30N4O2.HI/c1-4-24-23(27-15-22(28)17-6-5-7-19(13-17)29-3)25-11-10-18-14-26-21-12-16(2)8-9-20(18)21;/h5-9,12-14,22,26,28H,4,10-11,15H2,1-3H3,(H2,24,25,27);1H. The summed E-state index contributed by atoms with van der Waals surface area (Å²) in [6.45, 7) is 5.91. The summed E-state index contributed by atoms with van der Waals surface area (Å²) in [6, 6.07) is 13.9. The second-order valence-corrected chi connectivity index (χ2v) is 7.05. The SMILES string of the molecule is CCNC(=NCC(O)c1cccc(OC)c1)NCCc1c[nH]c2cc(C)ccc12.I. The molecule has 4 N–H and O–H groups in total. The van der Waals surface area contributed by atoms with Gasteiger partial charge in [-0.05, 0) is 55.2 Å². The molecule has 0 radical (unpaired) electrons. The van der Waals surface area contributed by atoms with E-state index in [1.54, 1.807) is 7.11 Å². The molecular formula is C23H31IN4O2. The van der Waals surface area contributed by atoms with E-state index in [4.69, 9.17) is 4.74 Å². The van der Waals surface area contributed by atoms with Crippen molar-refractivity contribution in [3.05, 3.63) is 65.4 Å². The van der Waals surface area contributed by atoms with Crippen LogP contribution in [0.4, 0.5) is 0 Å². The van der Waals surface area contributed by atoms with Crippen LogP contribution in [-0.2, 0) is 6.42 Å². The Kier molecular flexibility index (Phi) is 9.45. The summed E-state index contributed by atoms with van der Waals surface area (Å²) >= 11 is 0. The summed E-state index contributed by atoms with van der Waals surface area (Å²) in [5.41, 5.74) is 4.49. The van der Waals surface area contributed by atoms with E-state index >= 15 is 0 Å². The maximum absolute atomic E-state index is 10.5. The molecule has 0 saturated carbocycles. The van der Waals surface area contributed by atoms with Gasteiger partial charge in [0.05, 0.1) is 19.8 Å². The smallest absolute Gasteiger partial charge is 0.191 e. The predicted octanol–water partition coefficient (Wildman–Crippen LogP) is 3.93. The van der Waals surface area contributed by atoms with Gasteiger partial charge in [0.25, 0.3) is 0 Å². The number of methoxy groups -OCH3 is 1. The third-order valence-corrected chi connectivity index (χ3v) is 4.85. The molecule has 3 rings (SSSR count). The molecular weight excluding hydrogens is 491 g/mol. The molecule has 0 amide bonds. The second kappa shape index (κ2) is 11.8. The van der Waals surface area contributed by atoms with Crippen LogP contribution in [0, 0.1) is 6.92 Å². The van der Waals surface area contributed by atoms with Crippen LogP contribution in [0.15, 0.2) is 53.7 Å². The molecule has 30 heavy (non-hydrogen) atoms. The van der Waals surface area contributed by atoms with Gasteiger partial charge in [0, 0.05) is 30.2 Å². The number of rotatable bonds is 8. The number of ether oxygens (including phenoxy) is 1. The third kappa shape index (κ3) is 6.37. The normalized spacial score (nSPS) is 12.3. The molecule has 0 saturated heterocycles. The summed E-state index contributed by atoms with van der Waals surface area (Å²) in [6.07, 6.45) is 2.27. The van der Waals surface area contributed by atoms with E-state index in [1.807, 2.05) is 31.2 Å². The highest BCUT2D eigenvalue weighted by molar-refractivity contribution is 14.0. The molecule has 0 spiro atoms. The van der Waals surface area contributed by atoms with Crippen molar-refractivity contribution in [2.45, 2.75) is 26.4 Å². The van der Waals surface area contributed by atoms with Gasteiger partial charge in [-0.2, -0.15) is 0 Å². The monoisotopic (exact) mass is 522 g/mol. The lowest BCUT2D eigenvalue weighted by atomic mass is 10.1. The van der Waals surface area contributed by atoms with Crippen molar-refractivity contribution in [2.75, 3.05) is 26.7 Å². The van der Waals surface area contributed by atoms with Crippen LogP contribution in [0.5, 0.6) is 5.75 Å². The van der Waals surface area contributed by atoms with Crippen LogP contribution in [0.2, 0.25) is 0 Å². The van der Waals surface area contributed by atoms with Gasteiger partial charge in [0.15, 0.2) is 5.96 Å². The fourth-order valence-corrected chi connectivity index (χ4v) is 3.30. The van der Waals surface area contributed by atoms with Gasteiger partial charge in [0.2, 0.25) is 0 Å². The van der Waals surface area contributed by atoms with Gasteiger partial charge in [-0.15, -0.1) is 24.0 Å². The molecule has 162 valence electrons. The largest absolute Gasteiger partial charge is 0.497 e.